The van der Waals surface area contributed by atoms with Crippen molar-refractivity contribution in [3.63, 3.8) is 0 Å². The number of benzene rings is 1. The SMILES string of the molecule is C/C=C(\C(=O)OC)c1ccccc1. The minimum absolute atomic E-state index is 0.297. The zero-order valence-corrected chi connectivity index (χ0v) is 7.78. The van der Waals surface area contributed by atoms with E-state index in [0.717, 1.165) is 5.56 Å². The summed E-state index contributed by atoms with van der Waals surface area (Å²) in [6, 6.07) is 9.45. The van der Waals surface area contributed by atoms with Gasteiger partial charge < -0.3 is 4.74 Å². The molecule has 1 rings (SSSR count). The molecule has 0 atom stereocenters. The number of hydrogen-bond acceptors (Lipinski definition) is 2. The van der Waals surface area contributed by atoms with Crippen LogP contribution in [0.4, 0.5) is 0 Å². The van der Waals surface area contributed by atoms with E-state index in [9.17, 15) is 4.79 Å². The Hall–Kier alpha value is -1.57. The molecule has 0 aliphatic carbocycles. The lowest BCUT2D eigenvalue weighted by Gasteiger charge is -2.03. The Bertz CT molecular complexity index is 312. The summed E-state index contributed by atoms with van der Waals surface area (Å²) in [5.74, 6) is -0.297. The molecule has 0 heterocycles. The second kappa shape index (κ2) is 4.45. The largest absolute Gasteiger partial charge is 0.465 e. The van der Waals surface area contributed by atoms with Gasteiger partial charge in [0.05, 0.1) is 12.7 Å². The average molecular weight is 176 g/mol. The number of ether oxygens (including phenoxy) is 1. The van der Waals surface area contributed by atoms with E-state index in [1.165, 1.54) is 7.11 Å². The number of carbonyl (C=O) groups excluding carboxylic acids is 1. The fourth-order valence-electron chi connectivity index (χ4n) is 1.13. The van der Waals surface area contributed by atoms with Crippen LogP contribution >= 0.6 is 0 Å². The average Bonchev–Trinajstić information content (AvgIpc) is 2.20. The molecule has 0 spiro atoms. The zero-order valence-electron chi connectivity index (χ0n) is 7.78. The molecular formula is C11H12O2. The van der Waals surface area contributed by atoms with Crippen LogP contribution in [0.25, 0.3) is 5.57 Å². The van der Waals surface area contributed by atoms with Crippen molar-refractivity contribution >= 4 is 11.5 Å². The van der Waals surface area contributed by atoms with Gasteiger partial charge in [-0.3, -0.25) is 0 Å². The Kier molecular flexibility index (Phi) is 3.26. The molecule has 0 saturated carbocycles. The first-order chi connectivity index (χ1) is 6.29. The molecule has 0 radical (unpaired) electrons. The highest BCUT2D eigenvalue weighted by Crippen LogP contribution is 2.14. The maximum atomic E-state index is 11.3. The maximum absolute atomic E-state index is 11.3. The van der Waals surface area contributed by atoms with Crippen LogP contribution in [-0.2, 0) is 9.53 Å². The van der Waals surface area contributed by atoms with Gasteiger partial charge in [0.1, 0.15) is 0 Å². The summed E-state index contributed by atoms with van der Waals surface area (Å²) < 4.78 is 4.65. The minimum Gasteiger partial charge on any atom is -0.465 e. The Balaban J connectivity index is 3.00. The summed E-state index contributed by atoms with van der Waals surface area (Å²) in [7, 11) is 1.38. The van der Waals surface area contributed by atoms with E-state index in [1.807, 2.05) is 37.3 Å². The molecule has 0 N–H and O–H groups in total. The van der Waals surface area contributed by atoms with Gasteiger partial charge in [-0.1, -0.05) is 36.4 Å². The fraction of sp³-hybridized carbons (Fsp3) is 0.182. The monoisotopic (exact) mass is 176 g/mol. The van der Waals surface area contributed by atoms with Gasteiger partial charge in [0, 0.05) is 0 Å². The van der Waals surface area contributed by atoms with E-state index in [-0.39, 0.29) is 5.97 Å². The van der Waals surface area contributed by atoms with Crippen molar-refractivity contribution in [2.75, 3.05) is 7.11 Å². The normalized spacial score (nSPS) is 11.1. The smallest absolute Gasteiger partial charge is 0.338 e. The van der Waals surface area contributed by atoms with E-state index in [4.69, 9.17) is 0 Å². The summed E-state index contributed by atoms with van der Waals surface area (Å²) in [4.78, 5) is 11.3. The lowest BCUT2D eigenvalue weighted by molar-refractivity contribution is -0.133. The quantitative estimate of drug-likeness (QED) is 0.510. The van der Waals surface area contributed by atoms with E-state index in [0.29, 0.717) is 5.57 Å². The van der Waals surface area contributed by atoms with Crippen LogP contribution in [0.5, 0.6) is 0 Å². The molecule has 0 fully saturated rings. The maximum Gasteiger partial charge on any atom is 0.338 e. The Labute approximate surface area is 77.8 Å². The lowest BCUT2D eigenvalue weighted by Crippen LogP contribution is -2.03. The molecule has 0 saturated heterocycles. The molecule has 0 amide bonds. The summed E-state index contributed by atoms with van der Waals surface area (Å²) in [6.45, 7) is 1.82. The first-order valence-corrected chi connectivity index (χ1v) is 4.09. The van der Waals surface area contributed by atoms with E-state index >= 15 is 0 Å². The first kappa shape index (κ1) is 9.52. The van der Waals surface area contributed by atoms with E-state index < -0.39 is 0 Å². The van der Waals surface area contributed by atoms with Gasteiger partial charge in [-0.25, -0.2) is 4.79 Å². The highest BCUT2D eigenvalue weighted by molar-refractivity contribution is 6.16. The van der Waals surface area contributed by atoms with E-state index in [2.05, 4.69) is 4.74 Å². The molecule has 13 heavy (non-hydrogen) atoms. The first-order valence-electron chi connectivity index (χ1n) is 4.09. The molecule has 2 heteroatoms. The second-order valence-electron chi connectivity index (χ2n) is 2.56. The number of carbonyl (C=O) groups is 1. The van der Waals surface area contributed by atoms with Crippen LogP contribution in [0, 0.1) is 0 Å². The molecule has 0 aliphatic rings. The van der Waals surface area contributed by atoms with Gasteiger partial charge in [-0.05, 0) is 12.5 Å². The third-order valence-electron chi connectivity index (χ3n) is 1.78. The van der Waals surface area contributed by atoms with Crippen molar-refractivity contribution in [2.24, 2.45) is 0 Å². The molecule has 68 valence electrons. The number of methoxy groups -OCH3 is 1. The van der Waals surface area contributed by atoms with Crippen LogP contribution in [0.1, 0.15) is 12.5 Å². The Morgan fingerprint density at radius 1 is 1.31 bits per heavy atom. The van der Waals surface area contributed by atoms with Gasteiger partial charge in [0.2, 0.25) is 0 Å². The third-order valence-corrected chi connectivity index (χ3v) is 1.78. The highest BCUT2D eigenvalue weighted by atomic mass is 16.5. The van der Waals surface area contributed by atoms with Crippen molar-refractivity contribution < 1.29 is 9.53 Å². The van der Waals surface area contributed by atoms with Crippen LogP contribution in [0.15, 0.2) is 36.4 Å². The van der Waals surface area contributed by atoms with Crippen molar-refractivity contribution in [2.45, 2.75) is 6.92 Å². The van der Waals surface area contributed by atoms with Gasteiger partial charge in [-0.2, -0.15) is 0 Å². The molecule has 0 unspecified atom stereocenters. The van der Waals surface area contributed by atoms with Gasteiger partial charge in [-0.15, -0.1) is 0 Å². The van der Waals surface area contributed by atoms with Crippen LogP contribution < -0.4 is 0 Å². The van der Waals surface area contributed by atoms with Crippen molar-refractivity contribution in [3.05, 3.63) is 42.0 Å². The van der Waals surface area contributed by atoms with Gasteiger partial charge >= 0.3 is 5.97 Å². The minimum atomic E-state index is -0.297. The standard InChI is InChI=1S/C11H12O2/c1-3-10(11(12)13-2)9-7-5-4-6-8-9/h3-8H,1-2H3/b10-3-. The Morgan fingerprint density at radius 3 is 2.38 bits per heavy atom. The lowest BCUT2D eigenvalue weighted by atomic mass is 10.1. The summed E-state index contributed by atoms with van der Waals surface area (Å²) in [5, 5.41) is 0. The third kappa shape index (κ3) is 2.18. The predicted octanol–water partition coefficient (Wildman–Crippen LogP) is 2.26. The predicted molar refractivity (Wildman–Crippen MR) is 52.1 cm³/mol. The molecule has 1 aromatic carbocycles. The molecule has 2 nitrogen and oxygen atoms in total. The number of allylic oxidation sites excluding steroid dienone is 1. The molecule has 0 aromatic heterocycles. The molecule has 1 aromatic rings. The van der Waals surface area contributed by atoms with E-state index in [1.54, 1.807) is 6.08 Å². The number of hydrogen-bond donors (Lipinski definition) is 0. The molecule has 0 bridgehead atoms. The highest BCUT2D eigenvalue weighted by Gasteiger charge is 2.09. The van der Waals surface area contributed by atoms with Crippen LogP contribution in [-0.4, -0.2) is 13.1 Å². The van der Waals surface area contributed by atoms with Crippen molar-refractivity contribution in [1.29, 1.82) is 0 Å². The Morgan fingerprint density at radius 2 is 1.92 bits per heavy atom. The second-order valence-corrected chi connectivity index (χ2v) is 2.56. The van der Waals surface area contributed by atoms with Gasteiger partial charge in [0.15, 0.2) is 0 Å². The van der Waals surface area contributed by atoms with Crippen LogP contribution in [0.3, 0.4) is 0 Å². The summed E-state index contributed by atoms with van der Waals surface area (Å²) in [6.07, 6.45) is 1.75. The zero-order chi connectivity index (χ0) is 9.68. The fourth-order valence-corrected chi connectivity index (χ4v) is 1.13. The molecular weight excluding hydrogens is 164 g/mol. The van der Waals surface area contributed by atoms with Crippen molar-refractivity contribution in [3.8, 4) is 0 Å². The van der Waals surface area contributed by atoms with Gasteiger partial charge in [0.25, 0.3) is 0 Å². The molecule has 0 aliphatic heterocycles. The summed E-state index contributed by atoms with van der Waals surface area (Å²) in [5.41, 5.74) is 1.49. The topological polar surface area (TPSA) is 26.3 Å². The summed E-state index contributed by atoms with van der Waals surface area (Å²) >= 11 is 0. The van der Waals surface area contributed by atoms with Crippen LogP contribution in [0.2, 0.25) is 0 Å². The number of esters is 1. The van der Waals surface area contributed by atoms with Crippen molar-refractivity contribution in [1.82, 2.24) is 0 Å². The number of rotatable bonds is 2.